The monoisotopic (exact) mass is 354 g/mol. The number of rotatable bonds is 8. The highest BCUT2D eigenvalue weighted by molar-refractivity contribution is 5.94. The molecule has 0 bridgehead atoms. The van der Waals surface area contributed by atoms with E-state index < -0.39 is 6.04 Å². The van der Waals surface area contributed by atoms with Gasteiger partial charge in [0.05, 0.1) is 26.0 Å². The molecule has 2 aromatic rings. The molecule has 1 unspecified atom stereocenters. The molecular formula is C20H22N2O4. The number of hydrogen-bond donors (Lipinski definition) is 2. The van der Waals surface area contributed by atoms with Crippen LogP contribution in [-0.4, -0.2) is 31.4 Å². The number of amides is 2. The fourth-order valence-electron chi connectivity index (χ4n) is 2.43. The number of benzene rings is 2. The van der Waals surface area contributed by atoms with Crippen molar-refractivity contribution in [3.05, 3.63) is 71.8 Å². The summed E-state index contributed by atoms with van der Waals surface area (Å²) in [5.74, 6) is -0.889. The van der Waals surface area contributed by atoms with Gasteiger partial charge in [-0.15, -0.1) is 0 Å². The Morgan fingerprint density at radius 2 is 1.58 bits per heavy atom. The van der Waals surface area contributed by atoms with Gasteiger partial charge in [0.1, 0.15) is 0 Å². The van der Waals surface area contributed by atoms with E-state index in [1.807, 2.05) is 36.4 Å². The standard InChI is InChI=1S/C20H22N2O4/c1-26-19(24)12-13-21-18(23)14-17(15-8-4-2-5-9-15)22-20(25)16-10-6-3-7-11-16/h2-11,17H,12-14H2,1H3,(H,21,23)(H,22,25). The number of esters is 1. The highest BCUT2D eigenvalue weighted by Crippen LogP contribution is 2.17. The molecule has 0 radical (unpaired) electrons. The van der Waals surface area contributed by atoms with Crippen LogP contribution in [0.3, 0.4) is 0 Å². The van der Waals surface area contributed by atoms with E-state index in [4.69, 9.17) is 0 Å². The van der Waals surface area contributed by atoms with Crippen LogP contribution in [0.5, 0.6) is 0 Å². The van der Waals surface area contributed by atoms with Gasteiger partial charge in [0, 0.05) is 12.1 Å². The van der Waals surface area contributed by atoms with Gasteiger partial charge in [-0.2, -0.15) is 0 Å². The first-order valence-corrected chi connectivity index (χ1v) is 8.34. The zero-order valence-corrected chi connectivity index (χ0v) is 14.6. The van der Waals surface area contributed by atoms with Crippen molar-refractivity contribution in [2.75, 3.05) is 13.7 Å². The molecule has 6 nitrogen and oxygen atoms in total. The maximum Gasteiger partial charge on any atom is 0.307 e. The third-order valence-electron chi connectivity index (χ3n) is 3.81. The van der Waals surface area contributed by atoms with E-state index in [0.717, 1.165) is 5.56 Å². The lowest BCUT2D eigenvalue weighted by Crippen LogP contribution is -2.34. The number of nitrogens with one attached hydrogen (secondary N) is 2. The lowest BCUT2D eigenvalue weighted by atomic mass is 10.0. The minimum absolute atomic E-state index is 0.0732. The topological polar surface area (TPSA) is 84.5 Å². The summed E-state index contributed by atoms with van der Waals surface area (Å²) in [5, 5.41) is 5.57. The molecule has 0 spiro atoms. The summed E-state index contributed by atoms with van der Waals surface area (Å²) in [6, 6.07) is 17.7. The molecule has 0 aliphatic carbocycles. The molecule has 0 saturated carbocycles. The van der Waals surface area contributed by atoms with Crippen LogP contribution in [0.1, 0.15) is 34.8 Å². The minimum atomic E-state index is -0.470. The Bertz CT molecular complexity index is 732. The van der Waals surface area contributed by atoms with Crippen LogP contribution in [-0.2, 0) is 14.3 Å². The maximum absolute atomic E-state index is 12.4. The van der Waals surface area contributed by atoms with Gasteiger partial charge in [0.15, 0.2) is 0 Å². The third-order valence-corrected chi connectivity index (χ3v) is 3.81. The van der Waals surface area contributed by atoms with Gasteiger partial charge in [-0.1, -0.05) is 48.5 Å². The highest BCUT2D eigenvalue weighted by Gasteiger charge is 2.19. The first-order chi connectivity index (χ1) is 12.6. The van der Waals surface area contributed by atoms with Gasteiger partial charge in [-0.05, 0) is 17.7 Å². The van der Waals surface area contributed by atoms with E-state index in [0.29, 0.717) is 5.56 Å². The number of hydrogen-bond acceptors (Lipinski definition) is 4. The summed E-state index contributed by atoms with van der Waals surface area (Å²) in [6.45, 7) is 0.194. The summed E-state index contributed by atoms with van der Waals surface area (Å²) in [6.07, 6.45) is 0.179. The second-order valence-electron chi connectivity index (χ2n) is 5.68. The number of carbonyl (C=O) groups excluding carboxylic acids is 3. The average molecular weight is 354 g/mol. The number of ether oxygens (including phenoxy) is 1. The summed E-state index contributed by atoms with van der Waals surface area (Å²) < 4.78 is 4.54. The first-order valence-electron chi connectivity index (χ1n) is 8.34. The van der Waals surface area contributed by atoms with Gasteiger partial charge >= 0.3 is 5.97 Å². The molecular weight excluding hydrogens is 332 g/mol. The van der Waals surface area contributed by atoms with Crippen LogP contribution >= 0.6 is 0 Å². The molecule has 0 aliphatic heterocycles. The minimum Gasteiger partial charge on any atom is -0.469 e. The fourth-order valence-corrected chi connectivity index (χ4v) is 2.43. The smallest absolute Gasteiger partial charge is 0.307 e. The third kappa shape index (κ3) is 6.05. The molecule has 2 amide bonds. The molecule has 0 aliphatic rings. The summed E-state index contributed by atoms with van der Waals surface area (Å²) in [7, 11) is 1.30. The highest BCUT2D eigenvalue weighted by atomic mass is 16.5. The predicted molar refractivity (Wildman–Crippen MR) is 97.4 cm³/mol. The number of methoxy groups -OCH3 is 1. The van der Waals surface area contributed by atoms with E-state index in [-0.39, 0.29) is 37.2 Å². The average Bonchev–Trinajstić information content (AvgIpc) is 2.68. The van der Waals surface area contributed by atoms with Gasteiger partial charge < -0.3 is 15.4 Å². The van der Waals surface area contributed by atoms with Gasteiger partial charge in [0.25, 0.3) is 5.91 Å². The van der Waals surface area contributed by atoms with E-state index in [1.54, 1.807) is 24.3 Å². The van der Waals surface area contributed by atoms with Crippen molar-refractivity contribution < 1.29 is 19.1 Å². The second kappa shape index (κ2) is 9.98. The summed E-state index contributed by atoms with van der Waals surface area (Å²) in [4.78, 5) is 35.8. The van der Waals surface area contributed by atoms with E-state index in [9.17, 15) is 14.4 Å². The van der Waals surface area contributed by atoms with Crippen LogP contribution in [0.15, 0.2) is 60.7 Å². The van der Waals surface area contributed by atoms with Crippen molar-refractivity contribution in [3.63, 3.8) is 0 Å². The van der Waals surface area contributed by atoms with E-state index in [2.05, 4.69) is 15.4 Å². The van der Waals surface area contributed by atoms with Gasteiger partial charge in [0.2, 0.25) is 5.91 Å². The van der Waals surface area contributed by atoms with Crippen LogP contribution in [0, 0.1) is 0 Å². The zero-order valence-electron chi connectivity index (χ0n) is 14.6. The quantitative estimate of drug-likeness (QED) is 0.712. The van der Waals surface area contributed by atoms with Crippen molar-refractivity contribution in [2.24, 2.45) is 0 Å². The Hall–Kier alpha value is -3.15. The van der Waals surface area contributed by atoms with E-state index >= 15 is 0 Å². The molecule has 2 N–H and O–H groups in total. The Kier molecular flexibility index (Phi) is 7.36. The molecule has 136 valence electrons. The van der Waals surface area contributed by atoms with Crippen molar-refractivity contribution in [3.8, 4) is 0 Å². The van der Waals surface area contributed by atoms with Crippen LogP contribution in [0.2, 0.25) is 0 Å². The van der Waals surface area contributed by atoms with Gasteiger partial charge in [-0.25, -0.2) is 0 Å². The normalized spacial score (nSPS) is 11.3. The Balaban J connectivity index is 2.01. The molecule has 0 fully saturated rings. The van der Waals surface area contributed by atoms with Crippen molar-refractivity contribution in [1.82, 2.24) is 10.6 Å². The number of carbonyl (C=O) groups is 3. The van der Waals surface area contributed by atoms with E-state index in [1.165, 1.54) is 7.11 Å². The second-order valence-corrected chi connectivity index (χ2v) is 5.68. The van der Waals surface area contributed by atoms with Crippen molar-refractivity contribution in [1.29, 1.82) is 0 Å². The molecule has 6 heteroatoms. The van der Waals surface area contributed by atoms with Crippen LogP contribution < -0.4 is 10.6 Å². The zero-order chi connectivity index (χ0) is 18.8. The predicted octanol–water partition coefficient (Wildman–Crippen LogP) is 2.23. The molecule has 1 atom stereocenters. The lowest BCUT2D eigenvalue weighted by Gasteiger charge is -2.19. The summed E-state index contributed by atoms with van der Waals surface area (Å²) in [5.41, 5.74) is 1.36. The van der Waals surface area contributed by atoms with Crippen LogP contribution in [0.25, 0.3) is 0 Å². The Morgan fingerprint density at radius 1 is 0.962 bits per heavy atom. The molecule has 0 aromatic heterocycles. The molecule has 2 rings (SSSR count). The molecule has 2 aromatic carbocycles. The largest absolute Gasteiger partial charge is 0.469 e. The Labute approximate surface area is 152 Å². The SMILES string of the molecule is COC(=O)CCNC(=O)CC(NC(=O)c1ccccc1)c1ccccc1. The Morgan fingerprint density at radius 3 is 2.19 bits per heavy atom. The van der Waals surface area contributed by atoms with Crippen LogP contribution in [0.4, 0.5) is 0 Å². The van der Waals surface area contributed by atoms with Crippen molar-refractivity contribution >= 4 is 17.8 Å². The van der Waals surface area contributed by atoms with Crippen molar-refractivity contribution in [2.45, 2.75) is 18.9 Å². The van der Waals surface area contributed by atoms with Gasteiger partial charge in [-0.3, -0.25) is 14.4 Å². The molecule has 0 heterocycles. The lowest BCUT2D eigenvalue weighted by molar-refractivity contribution is -0.140. The summed E-state index contributed by atoms with van der Waals surface area (Å²) >= 11 is 0. The molecule has 0 saturated heterocycles. The fraction of sp³-hybridized carbons (Fsp3) is 0.250. The molecule has 26 heavy (non-hydrogen) atoms. The first kappa shape index (κ1) is 19.2. The maximum atomic E-state index is 12.4.